The summed E-state index contributed by atoms with van der Waals surface area (Å²) >= 11 is 0. The Labute approximate surface area is 200 Å². The summed E-state index contributed by atoms with van der Waals surface area (Å²) in [5.41, 5.74) is -0.0963. The third kappa shape index (κ3) is 2.70. The molecule has 2 aliphatic rings. The van der Waals surface area contributed by atoms with E-state index in [0.29, 0.717) is 39.3 Å². The van der Waals surface area contributed by atoms with Crippen LogP contribution in [0.15, 0.2) is 75.9 Å². The molecule has 8 heteroatoms. The lowest BCUT2D eigenvalue weighted by atomic mass is 9.59. The third-order valence-electron chi connectivity index (χ3n) is 7.33. The number of hydrogen-bond donors (Lipinski definition) is 1. The van der Waals surface area contributed by atoms with Crippen LogP contribution in [-0.4, -0.2) is 12.0 Å². The first kappa shape index (κ1) is 21.2. The van der Waals surface area contributed by atoms with Gasteiger partial charge in [0.1, 0.15) is 17.1 Å². The zero-order valence-corrected chi connectivity index (χ0v) is 19.3. The fraction of sp³-hybridized carbons (Fsp3) is 0.222. The van der Waals surface area contributed by atoms with Crippen LogP contribution < -0.4 is 20.4 Å². The molecule has 35 heavy (non-hydrogen) atoms. The van der Waals surface area contributed by atoms with Crippen LogP contribution in [0, 0.1) is 15.5 Å². The summed E-state index contributed by atoms with van der Waals surface area (Å²) in [6, 6.07) is 19.2. The molecule has 0 radical (unpaired) electrons. The standard InChI is InChI=1S/C27H22N2O6/c1-26(2)23-17-14-15(33-3)12-13-19(17)28-27(26,18-9-5-6-10-20(18)29(31)32)35-24-16-8-4-7-11-21(16)34-25(30)22(23)24/h4-14,23,28H,1-3H3/t23-,27+/m1/s1. The van der Waals surface area contributed by atoms with Gasteiger partial charge < -0.3 is 19.2 Å². The number of nitro groups is 1. The van der Waals surface area contributed by atoms with E-state index in [9.17, 15) is 14.9 Å². The van der Waals surface area contributed by atoms with Crippen LogP contribution >= 0.6 is 0 Å². The lowest BCUT2D eigenvalue weighted by Crippen LogP contribution is -2.61. The van der Waals surface area contributed by atoms with E-state index in [0.717, 1.165) is 5.56 Å². The second kappa shape index (κ2) is 7.09. The highest BCUT2D eigenvalue weighted by Gasteiger charge is 2.63. The van der Waals surface area contributed by atoms with E-state index in [1.54, 1.807) is 43.5 Å². The van der Waals surface area contributed by atoms with Gasteiger partial charge >= 0.3 is 5.63 Å². The maximum absolute atomic E-state index is 13.4. The van der Waals surface area contributed by atoms with Gasteiger partial charge in [0.05, 0.1) is 28.5 Å². The van der Waals surface area contributed by atoms with Gasteiger partial charge in [-0.05, 0) is 42.0 Å². The number of anilines is 1. The summed E-state index contributed by atoms with van der Waals surface area (Å²) in [4.78, 5) is 25.1. The van der Waals surface area contributed by atoms with Gasteiger partial charge in [-0.3, -0.25) is 10.1 Å². The summed E-state index contributed by atoms with van der Waals surface area (Å²) in [5.74, 6) is 0.497. The Kier molecular flexibility index (Phi) is 4.30. The van der Waals surface area contributed by atoms with Crippen molar-refractivity contribution in [1.82, 2.24) is 0 Å². The molecule has 8 nitrogen and oxygen atoms in total. The molecular formula is C27H22N2O6. The van der Waals surface area contributed by atoms with E-state index < -0.39 is 27.6 Å². The Morgan fingerprint density at radius 3 is 2.57 bits per heavy atom. The van der Waals surface area contributed by atoms with E-state index in [4.69, 9.17) is 13.9 Å². The second-order valence-corrected chi connectivity index (χ2v) is 9.42. The second-order valence-electron chi connectivity index (χ2n) is 9.42. The molecule has 6 rings (SSSR count). The molecule has 0 saturated heterocycles. The summed E-state index contributed by atoms with van der Waals surface area (Å²) in [7, 11) is 1.58. The summed E-state index contributed by atoms with van der Waals surface area (Å²) in [6.45, 7) is 3.89. The van der Waals surface area contributed by atoms with E-state index in [-0.39, 0.29) is 5.69 Å². The quantitative estimate of drug-likeness (QED) is 0.238. The van der Waals surface area contributed by atoms with Crippen molar-refractivity contribution in [3.05, 3.63) is 104 Å². The van der Waals surface area contributed by atoms with Crippen molar-refractivity contribution in [2.24, 2.45) is 5.41 Å². The van der Waals surface area contributed by atoms with Crippen LogP contribution in [0.25, 0.3) is 11.0 Å². The summed E-state index contributed by atoms with van der Waals surface area (Å²) in [6.07, 6.45) is 0. The van der Waals surface area contributed by atoms with Crippen molar-refractivity contribution in [3.63, 3.8) is 0 Å². The van der Waals surface area contributed by atoms with Crippen molar-refractivity contribution in [1.29, 1.82) is 0 Å². The van der Waals surface area contributed by atoms with Gasteiger partial charge in [0, 0.05) is 23.1 Å². The number of nitrogens with one attached hydrogen (secondary N) is 1. The van der Waals surface area contributed by atoms with E-state index in [2.05, 4.69) is 5.32 Å². The molecule has 0 saturated carbocycles. The number of benzene rings is 3. The number of rotatable bonds is 3. The highest BCUT2D eigenvalue weighted by Crippen LogP contribution is 2.64. The Hall–Kier alpha value is -4.33. The predicted molar refractivity (Wildman–Crippen MR) is 130 cm³/mol. The Bertz CT molecular complexity index is 1590. The van der Waals surface area contributed by atoms with Gasteiger partial charge in [0.15, 0.2) is 0 Å². The van der Waals surface area contributed by atoms with Crippen LogP contribution in [0.1, 0.15) is 36.5 Å². The van der Waals surface area contributed by atoms with Crippen molar-refractivity contribution >= 4 is 22.3 Å². The molecule has 1 N–H and O–H groups in total. The molecule has 0 unspecified atom stereocenters. The van der Waals surface area contributed by atoms with Gasteiger partial charge in [0.2, 0.25) is 5.72 Å². The van der Waals surface area contributed by atoms with Crippen molar-refractivity contribution in [3.8, 4) is 11.5 Å². The highest BCUT2D eigenvalue weighted by molar-refractivity contribution is 5.86. The maximum Gasteiger partial charge on any atom is 0.343 e. The maximum atomic E-state index is 13.4. The van der Waals surface area contributed by atoms with Gasteiger partial charge in [-0.15, -0.1) is 0 Å². The van der Waals surface area contributed by atoms with Gasteiger partial charge in [0.25, 0.3) is 5.69 Å². The Morgan fingerprint density at radius 1 is 1.06 bits per heavy atom. The van der Waals surface area contributed by atoms with Gasteiger partial charge in [-0.2, -0.15) is 0 Å². The molecule has 1 aromatic heterocycles. The topological polar surface area (TPSA) is 104 Å². The molecule has 0 aliphatic carbocycles. The predicted octanol–water partition coefficient (Wildman–Crippen LogP) is 5.54. The summed E-state index contributed by atoms with van der Waals surface area (Å²) < 4.78 is 18.0. The minimum absolute atomic E-state index is 0.0699. The first-order chi connectivity index (χ1) is 16.8. The molecule has 3 aromatic carbocycles. The van der Waals surface area contributed by atoms with Crippen molar-refractivity contribution < 1.29 is 18.8 Å². The number of nitrogens with zero attached hydrogens (tertiary/aromatic N) is 1. The van der Waals surface area contributed by atoms with E-state index in [1.807, 2.05) is 38.1 Å². The van der Waals surface area contributed by atoms with Crippen LogP contribution in [0.5, 0.6) is 11.5 Å². The average Bonchev–Trinajstić information content (AvgIpc) is 2.84. The fourth-order valence-electron chi connectivity index (χ4n) is 5.68. The largest absolute Gasteiger partial charge is 0.497 e. The van der Waals surface area contributed by atoms with Gasteiger partial charge in [-0.25, -0.2) is 4.79 Å². The first-order valence-corrected chi connectivity index (χ1v) is 11.2. The fourth-order valence-corrected chi connectivity index (χ4v) is 5.68. The van der Waals surface area contributed by atoms with E-state index in [1.165, 1.54) is 6.07 Å². The Balaban J connectivity index is 1.78. The molecular weight excluding hydrogens is 448 g/mol. The smallest absolute Gasteiger partial charge is 0.343 e. The highest BCUT2D eigenvalue weighted by atomic mass is 16.6. The average molecular weight is 470 g/mol. The third-order valence-corrected chi connectivity index (χ3v) is 7.33. The zero-order chi connectivity index (χ0) is 24.5. The lowest BCUT2D eigenvalue weighted by Gasteiger charge is -2.57. The van der Waals surface area contributed by atoms with Gasteiger partial charge in [-0.1, -0.05) is 38.1 Å². The molecule has 0 fully saturated rings. The Morgan fingerprint density at radius 2 is 1.80 bits per heavy atom. The molecule has 0 amide bonds. The molecule has 4 aromatic rings. The number of methoxy groups -OCH3 is 1. The first-order valence-electron chi connectivity index (χ1n) is 11.2. The van der Waals surface area contributed by atoms with Crippen molar-refractivity contribution in [2.75, 3.05) is 12.4 Å². The minimum atomic E-state index is -1.35. The minimum Gasteiger partial charge on any atom is -0.497 e. The van der Waals surface area contributed by atoms with Crippen molar-refractivity contribution in [2.45, 2.75) is 25.5 Å². The molecule has 0 spiro atoms. The van der Waals surface area contributed by atoms with E-state index >= 15 is 0 Å². The van der Waals surface area contributed by atoms with Crippen LogP contribution in [0.4, 0.5) is 11.4 Å². The monoisotopic (exact) mass is 470 g/mol. The zero-order valence-electron chi connectivity index (χ0n) is 19.3. The normalized spacial score (nSPS) is 21.3. The molecule has 2 bridgehead atoms. The summed E-state index contributed by atoms with van der Waals surface area (Å²) in [5, 5.41) is 16.2. The van der Waals surface area contributed by atoms with Crippen LogP contribution in [-0.2, 0) is 5.72 Å². The molecule has 176 valence electrons. The number of fused-ring (bicyclic) bond motifs is 8. The SMILES string of the molecule is COc1ccc2c(c1)[C@@H]1c3c(c4ccccc4oc3=O)O[C@](c3ccccc3[N+](=O)[O-])(N2)C1(C)C. The molecule has 2 aliphatic heterocycles. The van der Waals surface area contributed by atoms with Crippen LogP contribution in [0.3, 0.4) is 0 Å². The molecule has 3 heterocycles. The molecule has 2 atom stereocenters. The number of para-hydroxylation sites is 2. The number of ether oxygens (including phenoxy) is 2. The van der Waals surface area contributed by atoms with Crippen LogP contribution in [0.2, 0.25) is 0 Å². The number of nitro benzene ring substituents is 1. The lowest BCUT2D eigenvalue weighted by molar-refractivity contribution is -0.387. The number of hydrogen-bond acceptors (Lipinski definition) is 7.